The summed E-state index contributed by atoms with van der Waals surface area (Å²) in [5.74, 6) is -1.63. The molecule has 5 nitrogen and oxygen atoms in total. The Morgan fingerprint density at radius 1 is 1.50 bits per heavy atom. The van der Waals surface area contributed by atoms with Crippen LogP contribution in [0, 0.1) is 9.39 Å². The van der Waals surface area contributed by atoms with E-state index in [0.717, 1.165) is 13.2 Å². The highest BCUT2D eigenvalue weighted by molar-refractivity contribution is 14.1. The van der Waals surface area contributed by atoms with Crippen molar-refractivity contribution in [1.29, 1.82) is 0 Å². The van der Waals surface area contributed by atoms with Gasteiger partial charge in [-0.2, -0.15) is 0 Å². The molecule has 0 spiro atoms. The molecule has 2 aliphatic rings. The number of hydrogen-bond donors (Lipinski definition) is 1. The van der Waals surface area contributed by atoms with Gasteiger partial charge in [0.2, 0.25) is 0 Å². The summed E-state index contributed by atoms with van der Waals surface area (Å²) in [4.78, 5) is 18.0. The number of benzene rings is 1. The summed E-state index contributed by atoms with van der Waals surface area (Å²) >= 11 is 1.97. The first-order valence-corrected chi connectivity index (χ1v) is 8.13. The Hall–Kier alpha value is -1.97. The van der Waals surface area contributed by atoms with E-state index in [-0.39, 0.29) is 11.4 Å². The Labute approximate surface area is 151 Å². The van der Waals surface area contributed by atoms with Crippen molar-refractivity contribution in [2.24, 2.45) is 4.99 Å². The third-order valence-corrected chi connectivity index (χ3v) is 4.49. The van der Waals surface area contributed by atoms with Crippen molar-refractivity contribution in [3.05, 3.63) is 51.1 Å². The van der Waals surface area contributed by atoms with Crippen LogP contribution in [0.3, 0.4) is 0 Å². The number of alkyl halides is 1. The van der Waals surface area contributed by atoms with Crippen LogP contribution < -0.4 is 5.32 Å². The second-order valence-electron chi connectivity index (χ2n) is 5.42. The molecule has 0 saturated carbocycles. The van der Waals surface area contributed by atoms with E-state index in [9.17, 15) is 9.18 Å². The van der Waals surface area contributed by atoms with Gasteiger partial charge in [0.05, 0.1) is 29.9 Å². The Bertz CT molecular complexity index is 807. The van der Waals surface area contributed by atoms with Crippen molar-refractivity contribution in [3.8, 4) is 0 Å². The molecule has 1 aliphatic heterocycles. The number of rotatable bonds is 3. The number of nitrogens with zero attached hydrogens (tertiary/aromatic N) is 2. The molecule has 24 heavy (non-hydrogen) atoms. The number of nitrogens with one attached hydrogen (secondary N) is 1. The van der Waals surface area contributed by atoms with Gasteiger partial charge in [0.25, 0.3) is 5.67 Å². The number of carbonyl (C=O) groups is 1. The van der Waals surface area contributed by atoms with Gasteiger partial charge in [-0.3, -0.25) is 4.99 Å². The van der Waals surface area contributed by atoms with E-state index in [0.29, 0.717) is 21.6 Å². The maximum Gasteiger partial charge on any atom is 0.354 e. The van der Waals surface area contributed by atoms with Gasteiger partial charge in [-0.25, -0.2) is 13.6 Å². The zero-order chi connectivity index (χ0) is 17.5. The molecule has 0 fully saturated rings. The molecule has 0 aromatic heterocycles. The molecule has 1 unspecified atom stereocenters. The average molecular weight is 445 g/mol. The molecule has 1 atom stereocenters. The summed E-state index contributed by atoms with van der Waals surface area (Å²) in [7, 11) is 2.85. The number of esters is 1. The molecule has 1 N–H and O–H groups in total. The fraction of sp³-hybridized carbons (Fsp3) is 0.250. The molecule has 8 heteroatoms. The number of ether oxygens (including phenoxy) is 1. The molecule has 126 valence electrons. The van der Waals surface area contributed by atoms with Crippen LogP contribution in [0.5, 0.6) is 0 Å². The van der Waals surface area contributed by atoms with E-state index in [2.05, 4.69) is 15.0 Å². The Morgan fingerprint density at radius 2 is 2.25 bits per heavy atom. The third kappa shape index (κ3) is 2.79. The normalized spacial score (nSPS) is 22.4. The van der Waals surface area contributed by atoms with Crippen molar-refractivity contribution < 1.29 is 18.3 Å². The SMILES string of the molecule is COC(=O)C1(F)C=C2C(=NCN2C)C=C1Nc1ccc(I)cc1F. The van der Waals surface area contributed by atoms with Crippen LogP contribution in [-0.4, -0.2) is 43.1 Å². The fourth-order valence-corrected chi connectivity index (χ4v) is 2.98. The summed E-state index contributed by atoms with van der Waals surface area (Å²) in [6, 6.07) is 4.47. The summed E-state index contributed by atoms with van der Waals surface area (Å²) < 4.78 is 34.8. The standard InChI is InChI=1S/C16H14F2IN3O2/c1-22-8-20-12-6-14(16(18,7-13(12)22)15(23)24-2)21-11-4-3-9(19)5-10(11)17/h3-7,21H,8H2,1-2H3. The second kappa shape index (κ2) is 6.15. The van der Waals surface area contributed by atoms with E-state index in [1.54, 1.807) is 18.0 Å². The Kier molecular flexibility index (Phi) is 4.33. The molecule has 1 aromatic rings. The van der Waals surface area contributed by atoms with Gasteiger partial charge in [-0.15, -0.1) is 0 Å². The molecular weight excluding hydrogens is 431 g/mol. The Balaban J connectivity index is 2.03. The predicted molar refractivity (Wildman–Crippen MR) is 94.8 cm³/mol. The quantitative estimate of drug-likeness (QED) is 0.575. The van der Waals surface area contributed by atoms with Gasteiger partial charge in [-0.05, 0) is 52.9 Å². The van der Waals surface area contributed by atoms with Crippen LogP contribution in [0.2, 0.25) is 0 Å². The van der Waals surface area contributed by atoms with Crippen molar-refractivity contribution in [3.63, 3.8) is 0 Å². The largest absolute Gasteiger partial charge is 0.466 e. The number of carbonyl (C=O) groups excluding carboxylic acids is 1. The van der Waals surface area contributed by atoms with Gasteiger partial charge in [0.1, 0.15) is 12.5 Å². The number of halogens is 3. The highest BCUT2D eigenvalue weighted by Crippen LogP contribution is 2.35. The second-order valence-corrected chi connectivity index (χ2v) is 6.67. The van der Waals surface area contributed by atoms with Crippen molar-refractivity contribution in [2.75, 3.05) is 26.1 Å². The number of allylic oxidation sites excluding steroid dienone is 1. The third-order valence-electron chi connectivity index (χ3n) is 3.82. The van der Waals surface area contributed by atoms with Gasteiger partial charge in [-0.1, -0.05) is 0 Å². The predicted octanol–water partition coefficient (Wildman–Crippen LogP) is 2.85. The number of aliphatic imine (C=N–C) groups is 1. The van der Waals surface area contributed by atoms with Crippen LogP contribution in [0.1, 0.15) is 0 Å². The first-order chi connectivity index (χ1) is 11.3. The van der Waals surface area contributed by atoms with Gasteiger partial charge in [0, 0.05) is 10.6 Å². The average Bonchev–Trinajstić information content (AvgIpc) is 2.89. The first kappa shape index (κ1) is 16.9. The van der Waals surface area contributed by atoms with E-state index in [4.69, 9.17) is 0 Å². The number of anilines is 1. The minimum absolute atomic E-state index is 0.0661. The summed E-state index contributed by atoms with van der Waals surface area (Å²) in [6.45, 7) is 0.361. The lowest BCUT2D eigenvalue weighted by molar-refractivity contribution is -0.149. The Morgan fingerprint density at radius 3 is 2.92 bits per heavy atom. The lowest BCUT2D eigenvalue weighted by atomic mass is 9.92. The van der Waals surface area contributed by atoms with E-state index in [1.807, 2.05) is 22.6 Å². The van der Waals surface area contributed by atoms with Crippen molar-refractivity contribution in [2.45, 2.75) is 5.67 Å². The van der Waals surface area contributed by atoms with Gasteiger partial charge < -0.3 is 15.0 Å². The number of methoxy groups -OCH3 is 1. The number of fused-ring (bicyclic) bond motifs is 1. The van der Waals surface area contributed by atoms with E-state index in [1.165, 1.54) is 18.2 Å². The summed E-state index contributed by atoms with van der Waals surface area (Å²) in [6.07, 6.45) is 2.56. The molecule has 1 heterocycles. The molecule has 1 aliphatic carbocycles. The summed E-state index contributed by atoms with van der Waals surface area (Å²) in [5.41, 5.74) is -1.58. The van der Waals surface area contributed by atoms with Crippen LogP contribution >= 0.6 is 22.6 Å². The fourth-order valence-electron chi connectivity index (χ4n) is 2.53. The topological polar surface area (TPSA) is 53.9 Å². The van der Waals surface area contributed by atoms with E-state index < -0.39 is 17.5 Å². The lowest BCUT2D eigenvalue weighted by Gasteiger charge is -2.29. The molecule has 3 rings (SSSR count). The molecule has 0 amide bonds. The lowest BCUT2D eigenvalue weighted by Crippen LogP contribution is -2.42. The minimum atomic E-state index is -2.54. The first-order valence-electron chi connectivity index (χ1n) is 7.05. The van der Waals surface area contributed by atoms with Crippen molar-refractivity contribution in [1.82, 2.24) is 4.90 Å². The number of hydrogen-bond acceptors (Lipinski definition) is 5. The van der Waals surface area contributed by atoms with Crippen LogP contribution in [0.15, 0.2) is 46.7 Å². The van der Waals surface area contributed by atoms with Crippen LogP contribution in [0.25, 0.3) is 0 Å². The monoisotopic (exact) mass is 445 g/mol. The maximum absolute atomic E-state index is 15.5. The van der Waals surface area contributed by atoms with Crippen LogP contribution in [-0.2, 0) is 9.53 Å². The zero-order valence-electron chi connectivity index (χ0n) is 12.9. The highest BCUT2D eigenvalue weighted by atomic mass is 127. The maximum atomic E-state index is 15.5. The highest BCUT2D eigenvalue weighted by Gasteiger charge is 2.47. The molecule has 1 aromatic carbocycles. The molecular formula is C16H14F2IN3O2. The van der Waals surface area contributed by atoms with Gasteiger partial charge in [0.15, 0.2) is 0 Å². The van der Waals surface area contributed by atoms with Crippen molar-refractivity contribution >= 4 is 40.0 Å². The smallest absolute Gasteiger partial charge is 0.354 e. The van der Waals surface area contributed by atoms with Crippen LogP contribution in [0.4, 0.5) is 14.5 Å². The molecule has 0 bridgehead atoms. The molecule has 0 radical (unpaired) electrons. The summed E-state index contributed by atoms with van der Waals surface area (Å²) in [5, 5.41) is 2.67. The minimum Gasteiger partial charge on any atom is -0.466 e. The zero-order valence-corrected chi connectivity index (χ0v) is 15.1. The van der Waals surface area contributed by atoms with E-state index >= 15 is 4.39 Å². The van der Waals surface area contributed by atoms with Gasteiger partial charge >= 0.3 is 5.97 Å². The molecule has 0 saturated heterocycles.